The smallest absolute Gasteiger partial charge is 0.328 e. The van der Waals surface area contributed by atoms with E-state index >= 15 is 0 Å². The first-order valence-electron chi connectivity index (χ1n) is 21.5. The molecule has 0 saturated carbocycles. The van der Waals surface area contributed by atoms with Gasteiger partial charge in [0, 0.05) is 25.1 Å². The van der Waals surface area contributed by atoms with E-state index in [-0.39, 0.29) is 50.0 Å². The minimum Gasteiger partial charge on any atom is -0.480 e. The molecule has 20 nitrogen and oxygen atoms in total. The molecule has 1 aromatic carbocycles. The van der Waals surface area contributed by atoms with Crippen LogP contribution in [0.4, 0.5) is 11.8 Å². The number of unbranched alkanes of at least 4 members (excludes halogenated alkanes) is 6. The van der Waals surface area contributed by atoms with Crippen molar-refractivity contribution in [2.24, 2.45) is 17.2 Å². The van der Waals surface area contributed by atoms with Gasteiger partial charge in [-0.25, -0.2) is 9.59 Å². The minimum atomic E-state index is -1.20. The summed E-state index contributed by atoms with van der Waals surface area (Å²) in [6.07, 6.45) is 8.01. The van der Waals surface area contributed by atoms with Crippen molar-refractivity contribution in [3.05, 3.63) is 45.9 Å². The van der Waals surface area contributed by atoms with E-state index in [1.165, 1.54) is 4.57 Å². The topological polar surface area (TPSA) is 333 Å². The van der Waals surface area contributed by atoms with Gasteiger partial charge in [-0.3, -0.25) is 23.7 Å². The molecule has 2 aromatic heterocycles. The van der Waals surface area contributed by atoms with E-state index < -0.39 is 41.6 Å². The SMILES string of the molecule is CCCCNc1nc(N)c2[nH]c(=O)n(Cc3ccc(C(=O)NCCCC[C@H](NC(=O)[C@H](CCCCN)NC(=O)CCCCCN)C(=O)N[C@@H](CCCCN)C(=O)O)cc3)c2n1. The number of carboxylic acid groups (broad SMARTS) is 1. The number of hydrogen-bond acceptors (Lipinski definition) is 13. The third-order valence-electron chi connectivity index (χ3n) is 10.1. The summed E-state index contributed by atoms with van der Waals surface area (Å²) >= 11 is 0. The lowest BCUT2D eigenvalue weighted by Gasteiger charge is -2.25. The molecule has 61 heavy (non-hydrogen) atoms. The van der Waals surface area contributed by atoms with Crippen LogP contribution in [0.15, 0.2) is 29.1 Å². The van der Waals surface area contributed by atoms with Gasteiger partial charge in [0.15, 0.2) is 11.5 Å². The van der Waals surface area contributed by atoms with Crippen molar-refractivity contribution in [2.75, 3.05) is 43.8 Å². The van der Waals surface area contributed by atoms with E-state index in [0.717, 1.165) is 31.2 Å². The largest absolute Gasteiger partial charge is 0.480 e. The first kappa shape index (κ1) is 49.8. The Kier molecular flexibility index (Phi) is 22.3. The van der Waals surface area contributed by atoms with Gasteiger partial charge in [-0.05, 0) is 114 Å². The van der Waals surface area contributed by atoms with Crippen molar-refractivity contribution in [2.45, 2.75) is 128 Å². The third-order valence-corrected chi connectivity index (χ3v) is 10.1. The molecule has 0 unspecified atom stereocenters. The van der Waals surface area contributed by atoms with Crippen LogP contribution >= 0.6 is 0 Å². The number of nitrogen functional groups attached to an aromatic ring is 1. The maximum absolute atomic E-state index is 13.6. The maximum Gasteiger partial charge on any atom is 0.328 e. The van der Waals surface area contributed by atoms with Gasteiger partial charge in [-0.1, -0.05) is 31.9 Å². The van der Waals surface area contributed by atoms with Crippen LogP contribution in [0.2, 0.25) is 0 Å². The number of H-pyrrole nitrogens is 1. The quantitative estimate of drug-likeness (QED) is 0.0405. The van der Waals surface area contributed by atoms with Gasteiger partial charge < -0.3 is 59.6 Å². The number of rotatable bonds is 31. The van der Waals surface area contributed by atoms with E-state index in [2.05, 4.69) is 48.5 Å². The van der Waals surface area contributed by atoms with Crippen LogP contribution in [0.1, 0.15) is 119 Å². The molecule has 3 rings (SSSR count). The molecule has 3 atom stereocenters. The number of amides is 4. The number of anilines is 2. The lowest BCUT2D eigenvalue weighted by atomic mass is 10.0. The summed E-state index contributed by atoms with van der Waals surface area (Å²) in [6, 6.07) is 3.57. The molecule has 3 aromatic rings. The molecule has 0 spiro atoms. The highest BCUT2D eigenvalue weighted by Crippen LogP contribution is 2.18. The van der Waals surface area contributed by atoms with Crippen molar-refractivity contribution >= 4 is 52.5 Å². The summed E-state index contributed by atoms with van der Waals surface area (Å²) < 4.78 is 1.46. The Morgan fingerprint density at radius 1 is 0.738 bits per heavy atom. The highest BCUT2D eigenvalue weighted by atomic mass is 16.4. The molecular formula is C41H67N13O7. The fraction of sp³-hybridized carbons (Fsp3) is 0.610. The highest BCUT2D eigenvalue weighted by Gasteiger charge is 2.29. The summed E-state index contributed by atoms with van der Waals surface area (Å²) in [7, 11) is 0. The van der Waals surface area contributed by atoms with Gasteiger partial charge in [0.05, 0.1) is 6.54 Å². The molecule has 0 fully saturated rings. The predicted molar refractivity (Wildman–Crippen MR) is 234 cm³/mol. The minimum absolute atomic E-state index is 0.139. The summed E-state index contributed by atoms with van der Waals surface area (Å²) in [5.41, 5.74) is 24.4. The van der Waals surface area contributed by atoms with Crippen molar-refractivity contribution in [1.29, 1.82) is 0 Å². The zero-order valence-electron chi connectivity index (χ0n) is 35.4. The van der Waals surface area contributed by atoms with Crippen LogP contribution in [-0.4, -0.2) is 105 Å². The number of carboxylic acids is 1. The number of nitrogens with one attached hydrogen (secondary N) is 6. The van der Waals surface area contributed by atoms with E-state index in [1.54, 1.807) is 24.3 Å². The molecular weight excluding hydrogens is 787 g/mol. The molecule has 0 aliphatic carbocycles. The zero-order chi connectivity index (χ0) is 44.6. The Labute approximate surface area is 356 Å². The second-order valence-corrected chi connectivity index (χ2v) is 15.1. The van der Waals surface area contributed by atoms with Crippen LogP contribution in [0.3, 0.4) is 0 Å². The Balaban J connectivity index is 1.63. The fourth-order valence-electron chi connectivity index (χ4n) is 6.57. The van der Waals surface area contributed by atoms with Gasteiger partial charge in [0.1, 0.15) is 23.6 Å². The van der Waals surface area contributed by atoms with Gasteiger partial charge in [0.2, 0.25) is 23.7 Å². The number of nitrogens with two attached hydrogens (primary N) is 4. The molecule has 0 aliphatic heterocycles. The number of benzene rings is 1. The lowest BCUT2D eigenvalue weighted by molar-refractivity contribution is -0.142. The predicted octanol–water partition coefficient (Wildman–Crippen LogP) is 1.18. The number of aliphatic carboxylic acids is 1. The van der Waals surface area contributed by atoms with Crippen LogP contribution in [0.25, 0.3) is 11.2 Å². The van der Waals surface area contributed by atoms with Crippen LogP contribution in [-0.2, 0) is 25.7 Å². The monoisotopic (exact) mass is 854 g/mol. The Morgan fingerprint density at radius 3 is 1.95 bits per heavy atom. The molecule has 0 aliphatic rings. The molecule has 0 radical (unpaired) electrons. The number of imidazole rings is 1. The van der Waals surface area contributed by atoms with Gasteiger partial charge in [0.25, 0.3) is 5.91 Å². The van der Waals surface area contributed by atoms with Crippen LogP contribution < -0.4 is 55.2 Å². The molecule has 0 bridgehead atoms. The van der Waals surface area contributed by atoms with Gasteiger partial charge >= 0.3 is 11.7 Å². The number of nitrogens with zero attached hydrogens (tertiary/aromatic N) is 3. The third kappa shape index (κ3) is 17.1. The Bertz CT molecular complexity index is 1900. The van der Waals surface area contributed by atoms with Crippen LogP contribution in [0, 0.1) is 0 Å². The fourth-order valence-corrected chi connectivity index (χ4v) is 6.57. The van der Waals surface area contributed by atoms with Gasteiger partial charge in [-0.2, -0.15) is 9.97 Å². The molecule has 2 heterocycles. The summed E-state index contributed by atoms with van der Waals surface area (Å²) in [6.45, 7) is 4.47. The number of carbonyl (C=O) groups excluding carboxylic acids is 4. The number of carbonyl (C=O) groups is 5. The summed E-state index contributed by atoms with van der Waals surface area (Å²) in [5, 5.41) is 23.9. The molecule has 338 valence electrons. The van der Waals surface area contributed by atoms with Gasteiger partial charge in [-0.15, -0.1) is 0 Å². The standard InChI is InChI=1S/C41H67N13O7/c1-2-3-24-47-40-52-34(45)33-35(53-40)54(41(61)51-33)26-27-17-19-28(20-18-27)36(56)46-25-12-8-14-30(38(58)50-31(39(59)60)15-7-11-23-44)49-37(57)29(13-6-10-22-43)48-32(55)16-5-4-9-21-42/h17-20,29-31H,2-16,21-26,42-44H2,1H3,(H,46,56)(H,48,55)(H,49,57)(H,50,58)(H,51,61)(H,59,60)(H3,45,47,52,53)/t29-,30-,31-/m0/s1. The Morgan fingerprint density at radius 2 is 1.33 bits per heavy atom. The first-order valence-corrected chi connectivity index (χ1v) is 21.5. The number of aromatic nitrogens is 4. The molecule has 15 N–H and O–H groups in total. The van der Waals surface area contributed by atoms with Crippen molar-refractivity contribution in [3.8, 4) is 0 Å². The zero-order valence-corrected chi connectivity index (χ0v) is 35.4. The molecule has 4 amide bonds. The maximum atomic E-state index is 13.6. The van der Waals surface area contributed by atoms with E-state index in [4.69, 9.17) is 22.9 Å². The first-order chi connectivity index (χ1) is 29.4. The van der Waals surface area contributed by atoms with Crippen molar-refractivity contribution in [1.82, 2.24) is 40.8 Å². The second kappa shape index (κ2) is 27.3. The van der Waals surface area contributed by atoms with Crippen LogP contribution in [0.5, 0.6) is 0 Å². The molecule has 0 saturated heterocycles. The van der Waals surface area contributed by atoms with E-state index in [9.17, 15) is 33.9 Å². The van der Waals surface area contributed by atoms with E-state index in [1.807, 2.05) is 0 Å². The highest BCUT2D eigenvalue weighted by molar-refractivity contribution is 5.94. The molecule has 20 heteroatoms. The van der Waals surface area contributed by atoms with Crippen molar-refractivity contribution < 1.29 is 29.1 Å². The number of hydrogen-bond donors (Lipinski definition) is 11. The van der Waals surface area contributed by atoms with E-state index in [0.29, 0.717) is 100 Å². The average Bonchev–Trinajstić information content (AvgIpc) is 3.55. The average molecular weight is 854 g/mol. The second-order valence-electron chi connectivity index (χ2n) is 15.1. The normalized spacial score (nSPS) is 12.7. The summed E-state index contributed by atoms with van der Waals surface area (Å²) in [5.74, 6) is -2.57. The summed E-state index contributed by atoms with van der Waals surface area (Å²) in [4.78, 5) is 89.3. The lowest BCUT2D eigenvalue weighted by Crippen LogP contribution is -2.55. The Hall–Kier alpha value is -5.60. The van der Waals surface area contributed by atoms with Crippen molar-refractivity contribution in [3.63, 3.8) is 0 Å². The number of fused-ring (bicyclic) bond motifs is 1. The number of aromatic amines is 1.